The summed E-state index contributed by atoms with van der Waals surface area (Å²) in [6, 6.07) is 3.54. The van der Waals surface area contributed by atoms with Crippen LogP contribution in [0.2, 0.25) is 0 Å². The van der Waals surface area contributed by atoms with Gasteiger partial charge in [0.25, 0.3) is 0 Å². The first-order valence-corrected chi connectivity index (χ1v) is 5.70. The maximum atomic E-state index is 5.53. The predicted octanol–water partition coefficient (Wildman–Crippen LogP) is -0.199. The number of benzene rings is 1. The van der Waals surface area contributed by atoms with E-state index in [1.807, 2.05) is 0 Å². The molecule has 0 saturated carbocycles. The number of nitrogens with zero attached hydrogens (tertiary/aromatic N) is 2. The molecule has 1 aromatic rings. The van der Waals surface area contributed by atoms with E-state index in [1.165, 1.54) is 21.3 Å². The molecule has 1 aromatic carbocycles. The molecule has 0 aliphatic heterocycles. The molecule has 0 aromatic heterocycles. The monoisotopic (exact) mass is 281 g/mol. The highest BCUT2D eigenvalue weighted by Crippen LogP contribution is 2.38. The van der Waals surface area contributed by atoms with Crippen molar-refractivity contribution in [3.63, 3.8) is 0 Å². The summed E-state index contributed by atoms with van der Waals surface area (Å²) >= 11 is 0. The summed E-state index contributed by atoms with van der Waals surface area (Å²) in [7, 11) is 4.62. The third-order valence-corrected chi connectivity index (χ3v) is 2.39. The zero-order valence-electron chi connectivity index (χ0n) is 11.7. The molecule has 0 heterocycles. The van der Waals surface area contributed by atoms with Crippen LogP contribution < -0.4 is 31.4 Å². The molecule has 110 valence electrons. The molecule has 0 amide bonds. The van der Waals surface area contributed by atoms with E-state index < -0.39 is 0 Å². The summed E-state index contributed by atoms with van der Waals surface area (Å²) in [4.78, 5) is 7.66. The minimum absolute atomic E-state index is 0.00116. The summed E-state index contributed by atoms with van der Waals surface area (Å²) in [5.74, 6) is 1.45. The fourth-order valence-corrected chi connectivity index (χ4v) is 1.57. The maximum Gasteiger partial charge on any atom is 0.218 e. The standard InChI is InChI=1S/C12H19N5O3/c1-18-8-4-7(5-9(19-2)10(8)20-3)6-16-12(15)17-11(13)14/h4-5H,6H2,1-3H3,(H6,13,14,15,16,17). The van der Waals surface area contributed by atoms with Crippen molar-refractivity contribution < 1.29 is 14.2 Å². The van der Waals surface area contributed by atoms with Crippen LogP contribution in [0.4, 0.5) is 0 Å². The molecule has 20 heavy (non-hydrogen) atoms. The third-order valence-electron chi connectivity index (χ3n) is 2.39. The van der Waals surface area contributed by atoms with Gasteiger partial charge >= 0.3 is 0 Å². The molecule has 0 unspecified atom stereocenters. The van der Waals surface area contributed by atoms with Gasteiger partial charge in [-0.3, -0.25) is 0 Å². The summed E-state index contributed by atoms with van der Waals surface area (Å²) in [5.41, 5.74) is 16.8. The van der Waals surface area contributed by atoms with Crippen LogP contribution in [0.15, 0.2) is 22.1 Å². The number of ether oxygens (including phenoxy) is 3. The lowest BCUT2D eigenvalue weighted by Gasteiger charge is -2.13. The summed E-state index contributed by atoms with van der Waals surface area (Å²) in [5, 5.41) is 0. The Hall–Kier alpha value is -2.64. The highest BCUT2D eigenvalue weighted by atomic mass is 16.5. The van der Waals surface area contributed by atoms with Crippen LogP contribution >= 0.6 is 0 Å². The van der Waals surface area contributed by atoms with E-state index in [4.69, 9.17) is 31.4 Å². The number of hydrogen-bond donors (Lipinski definition) is 3. The average molecular weight is 281 g/mol. The van der Waals surface area contributed by atoms with Crippen LogP contribution in [0.5, 0.6) is 17.2 Å². The van der Waals surface area contributed by atoms with Crippen molar-refractivity contribution in [2.45, 2.75) is 6.54 Å². The van der Waals surface area contributed by atoms with Crippen LogP contribution in [0.1, 0.15) is 5.56 Å². The molecular formula is C12H19N5O3. The van der Waals surface area contributed by atoms with Gasteiger partial charge in [0.2, 0.25) is 11.7 Å². The minimum Gasteiger partial charge on any atom is -0.493 e. The Morgan fingerprint density at radius 3 is 1.95 bits per heavy atom. The number of methoxy groups -OCH3 is 3. The van der Waals surface area contributed by atoms with Crippen molar-refractivity contribution in [1.82, 2.24) is 0 Å². The zero-order chi connectivity index (χ0) is 15.1. The Labute approximate surface area is 117 Å². The molecule has 1 rings (SSSR count). The molecule has 8 heteroatoms. The number of aliphatic imine (C=N–C) groups is 2. The second-order valence-electron chi connectivity index (χ2n) is 3.74. The van der Waals surface area contributed by atoms with E-state index >= 15 is 0 Å². The molecular weight excluding hydrogens is 262 g/mol. The van der Waals surface area contributed by atoms with Gasteiger partial charge < -0.3 is 31.4 Å². The van der Waals surface area contributed by atoms with Crippen LogP contribution in [-0.4, -0.2) is 33.2 Å². The van der Waals surface area contributed by atoms with Crippen LogP contribution in [0.3, 0.4) is 0 Å². The van der Waals surface area contributed by atoms with Crippen molar-refractivity contribution in [3.8, 4) is 17.2 Å². The van der Waals surface area contributed by atoms with Crippen LogP contribution in [0.25, 0.3) is 0 Å². The Kier molecular flexibility index (Phi) is 5.45. The Bertz CT molecular complexity index is 499. The van der Waals surface area contributed by atoms with E-state index in [0.717, 1.165) is 5.56 Å². The van der Waals surface area contributed by atoms with Crippen molar-refractivity contribution in [1.29, 1.82) is 0 Å². The van der Waals surface area contributed by atoms with Crippen molar-refractivity contribution in [2.24, 2.45) is 27.2 Å². The smallest absolute Gasteiger partial charge is 0.218 e. The van der Waals surface area contributed by atoms with E-state index in [2.05, 4.69) is 9.98 Å². The molecule has 0 atom stereocenters. The molecule has 0 bridgehead atoms. The Morgan fingerprint density at radius 2 is 1.55 bits per heavy atom. The van der Waals surface area contributed by atoms with Crippen molar-refractivity contribution >= 4 is 11.9 Å². The summed E-state index contributed by atoms with van der Waals surface area (Å²) in [6.07, 6.45) is 0. The average Bonchev–Trinajstić information content (AvgIpc) is 2.42. The van der Waals surface area contributed by atoms with Gasteiger partial charge in [0.05, 0.1) is 27.9 Å². The SMILES string of the molecule is COc1cc(CN=C(N)N=C(N)N)cc(OC)c1OC. The first kappa shape index (κ1) is 15.4. The highest BCUT2D eigenvalue weighted by molar-refractivity contribution is 5.92. The fourth-order valence-electron chi connectivity index (χ4n) is 1.57. The topological polar surface area (TPSA) is 130 Å². The summed E-state index contributed by atoms with van der Waals surface area (Å²) in [6.45, 7) is 0.277. The predicted molar refractivity (Wildman–Crippen MR) is 77.2 cm³/mol. The number of nitrogens with two attached hydrogens (primary N) is 3. The normalized spacial score (nSPS) is 10.8. The summed E-state index contributed by atoms with van der Waals surface area (Å²) < 4.78 is 15.7. The molecule has 0 fully saturated rings. The lowest BCUT2D eigenvalue weighted by molar-refractivity contribution is 0.324. The quantitative estimate of drug-likeness (QED) is 0.506. The van der Waals surface area contributed by atoms with E-state index in [0.29, 0.717) is 17.2 Å². The molecule has 0 aliphatic carbocycles. The molecule has 6 N–H and O–H groups in total. The van der Waals surface area contributed by atoms with Gasteiger partial charge in [-0.1, -0.05) is 0 Å². The second kappa shape index (κ2) is 7.07. The maximum absolute atomic E-state index is 5.53. The third kappa shape index (κ3) is 3.94. The minimum atomic E-state index is -0.142. The van der Waals surface area contributed by atoms with Crippen molar-refractivity contribution in [2.75, 3.05) is 21.3 Å². The first-order chi connectivity index (χ1) is 9.51. The lowest BCUT2D eigenvalue weighted by Crippen LogP contribution is -2.26. The largest absolute Gasteiger partial charge is 0.493 e. The fraction of sp³-hybridized carbons (Fsp3) is 0.333. The van der Waals surface area contributed by atoms with Crippen molar-refractivity contribution in [3.05, 3.63) is 17.7 Å². The van der Waals surface area contributed by atoms with Gasteiger partial charge in [-0.2, -0.15) is 4.99 Å². The van der Waals surface area contributed by atoms with E-state index in [9.17, 15) is 0 Å². The highest BCUT2D eigenvalue weighted by Gasteiger charge is 2.12. The first-order valence-electron chi connectivity index (χ1n) is 5.70. The van der Waals surface area contributed by atoms with Crippen LogP contribution in [0, 0.1) is 0 Å². The van der Waals surface area contributed by atoms with Crippen LogP contribution in [-0.2, 0) is 6.54 Å². The molecule has 0 radical (unpaired) electrons. The van der Waals surface area contributed by atoms with Gasteiger partial charge in [-0.15, -0.1) is 0 Å². The van der Waals surface area contributed by atoms with Gasteiger partial charge in [0.1, 0.15) is 0 Å². The van der Waals surface area contributed by atoms with Gasteiger partial charge in [0.15, 0.2) is 17.5 Å². The molecule has 0 saturated heterocycles. The molecule has 0 spiro atoms. The Morgan fingerprint density at radius 1 is 1.00 bits per heavy atom. The number of guanidine groups is 2. The van der Waals surface area contributed by atoms with E-state index in [-0.39, 0.29) is 18.5 Å². The number of rotatable bonds is 5. The lowest BCUT2D eigenvalue weighted by atomic mass is 10.2. The zero-order valence-corrected chi connectivity index (χ0v) is 11.7. The van der Waals surface area contributed by atoms with Gasteiger partial charge in [-0.05, 0) is 17.7 Å². The van der Waals surface area contributed by atoms with Gasteiger partial charge in [0, 0.05) is 0 Å². The Balaban J connectivity index is 3.05. The number of hydrogen-bond acceptors (Lipinski definition) is 4. The van der Waals surface area contributed by atoms with E-state index in [1.54, 1.807) is 12.1 Å². The molecule has 0 aliphatic rings. The second-order valence-corrected chi connectivity index (χ2v) is 3.74. The van der Waals surface area contributed by atoms with Gasteiger partial charge in [-0.25, -0.2) is 4.99 Å². The molecule has 8 nitrogen and oxygen atoms in total.